The van der Waals surface area contributed by atoms with E-state index < -0.39 is 6.36 Å². The average Bonchev–Trinajstić information content (AvgIpc) is 3.01. The van der Waals surface area contributed by atoms with Crippen LogP contribution in [0.5, 0.6) is 5.75 Å². The summed E-state index contributed by atoms with van der Waals surface area (Å²) in [6.07, 6.45) is -4.70. The topological polar surface area (TPSA) is 55.0 Å². The van der Waals surface area contributed by atoms with E-state index in [1.165, 1.54) is 29.2 Å². The van der Waals surface area contributed by atoms with Crippen molar-refractivity contribution in [3.63, 3.8) is 0 Å². The number of aryl methyl sites for hydroxylation is 1. The minimum absolute atomic E-state index is 0.265. The van der Waals surface area contributed by atoms with Gasteiger partial charge in [0.2, 0.25) is 0 Å². The quantitative estimate of drug-likeness (QED) is 0.765. The summed E-state index contributed by atoms with van der Waals surface area (Å²) in [6.45, 7) is 6.07. The summed E-state index contributed by atoms with van der Waals surface area (Å²) in [5, 5.41) is 7.63. The zero-order valence-corrected chi connectivity index (χ0v) is 15.5. The van der Waals surface area contributed by atoms with Gasteiger partial charge >= 0.3 is 6.36 Å². The van der Waals surface area contributed by atoms with E-state index in [1.807, 2.05) is 17.9 Å². The van der Waals surface area contributed by atoms with E-state index in [1.54, 1.807) is 0 Å². The Balaban J connectivity index is 1.46. The van der Waals surface area contributed by atoms with Gasteiger partial charge in [0, 0.05) is 11.8 Å². The van der Waals surface area contributed by atoms with Crippen LogP contribution in [0.2, 0.25) is 0 Å². The molecule has 1 fully saturated rings. The van der Waals surface area contributed by atoms with Crippen LogP contribution in [0.4, 0.5) is 18.9 Å². The number of nitrogens with zero attached hydrogens (tertiary/aromatic N) is 2. The molecule has 0 amide bonds. The van der Waals surface area contributed by atoms with Gasteiger partial charge in [-0.15, -0.1) is 13.2 Å². The molecule has 2 N–H and O–H groups in total. The average molecular weight is 401 g/mol. The fraction of sp³-hybridized carbons (Fsp3) is 0.412. The number of benzene rings is 1. The van der Waals surface area contributed by atoms with Crippen molar-refractivity contribution in [2.24, 2.45) is 0 Å². The molecule has 0 atom stereocenters. The van der Waals surface area contributed by atoms with Crippen molar-refractivity contribution in [3.8, 4) is 5.75 Å². The molecular weight excluding hydrogens is 381 g/mol. The van der Waals surface area contributed by atoms with E-state index in [2.05, 4.69) is 15.2 Å². The second-order valence-corrected chi connectivity index (χ2v) is 6.73. The van der Waals surface area contributed by atoms with Crippen LogP contribution >= 0.6 is 12.2 Å². The molecule has 0 saturated carbocycles. The molecule has 2 heterocycles. The lowest BCUT2D eigenvalue weighted by Crippen LogP contribution is -3.13. The fourth-order valence-electron chi connectivity index (χ4n) is 2.90. The molecule has 1 aliphatic rings. The third kappa shape index (κ3) is 5.83. The third-order valence-corrected chi connectivity index (χ3v) is 4.57. The Bertz CT molecular complexity index is 771. The predicted octanol–water partition coefficient (Wildman–Crippen LogP) is 1.98. The third-order valence-electron chi connectivity index (χ3n) is 4.20. The van der Waals surface area contributed by atoms with Crippen molar-refractivity contribution < 1.29 is 27.3 Å². The van der Waals surface area contributed by atoms with Crippen LogP contribution in [0.25, 0.3) is 0 Å². The van der Waals surface area contributed by atoms with Gasteiger partial charge in [-0.2, -0.15) is 0 Å². The van der Waals surface area contributed by atoms with Crippen molar-refractivity contribution in [2.45, 2.75) is 19.8 Å². The standard InChI is InChI=1S/C17H19F3N4O2S/c1-12-10-14(22-26-12)11-23-6-8-24(9-7-23)16(27)21-13-2-4-15(5-3-13)25-17(18,19)20/h2-5,10H,6-9,11H2,1H3,(H,21,27)/p+1. The first-order chi connectivity index (χ1) is 12.8. The number of halogens is 3. The summed E-state index contributed by atoms with van der Waals surface area (Å²) >= 11 is 5.42. The van der Waals surface area contributed by atoms with Crippen molar-refractivity contribution in [2.75, 3.05) is 31.5 Å². The maximum Gasteiger partial charge on any atom is 0.573 e. The first kappa shape index (κ1) is 19.4. The second-order valence-electron chi connectivity index (χ2n) is 6.35. The van der Waals surface area contributed by atoms with E-state index in [4.69, 9.17) is 16.7 Å². The van der Waals surface area contributed by atoms with E-state index in [-0.39, 0.29) is 5.75 Å². The maximum atomic E-state index is 12.2. The van der Waals surface area contributed by atoms with Crippen LogP contribution in [0.3, 0.4) is 0 Å². The molecular formula is C17H20F3N4O2S+. The summed E-state index contributed by atoms with van der Waals surface area (Å²) in [7, 11) is 0. The number of quaternary nitrogens is 1. The molecule has 1 aliphatic heterocycles. The SMILES string of the molecule is Cc1cc(C[NH+]2CCN(C(=S)Nc3ccc(OC(F)(F)F)cc3)CC2)no1. The lowest BCUT2D eigenvalue weighted by Gasteiger charge is -2.33. The summed E-state index contributed by atoms with van der Waals surface area (Å²) in [6, 6.07) is 7.45. The van der Waals surface area contributed by atoms with Crippen LogP contribution in [0.1, 0.15) is 11.5 Å². The van der Waals surface area contributed by atoms with Gasteiger partial charge in [-0.05, 0) is 43.4 Å². The van der Waals surface area contributed by atoms with Crippen LogP contribution in [0, 0.1) is 6.92 Å². The Morgan fingerprint density at radius 3 is 2.52 bits per heavy atom. The zero-order chi connectivity index (χ0) is 19.4. The second kappa shape index (κ2) is 8.13. The van der Waals surface area contributed by atoms with Gasteiger partial charge in [-0.3, -0.25) is 0 Å². The highest BCUT2D eigenvalue weighted by Crippen LogP contribution is 2.24. The van der Waals surface area contributed by atoms with Crippen molar-refractivity contribution >= 4 is 23.0 Å². The number of piperazine rings is 1. The molecule has 1 aromatic carbocycles. The molecule has 0 radical (unpaired) electrons. The van der Waals surface area contributed by atoms with E-state index in [9.17, 15) is 13.2 Å². The predicted molar refractivity (Wildman–Crippen MR) is 96.6 cm³/mol. The van der Waals surface area contributed by atoms with Crippen molar-refractivity contribution in [1.29, 1.82) is 0 Å². The number of anilines is 1. The number of ether oxygens (including phenoxy) is 1. The van der Waals surface area contributed by atoms with Gasteiger partial charge in [0.15, 0.2) is 5.11 Å². The summed E-state index contributed by atoms with van der Waals surface area (Å²) in [5.74, 6) is 0.541. The largest absolute Gasteiger partial charge is 0.573 e. The molecule has 1 saturated heterocycles. The minimum atomic E-state index is -4.70. The van der Waals surface area contributed by atoms with Gasteiger partial charge in [0.1, 0.15) is 23.7 Å². The molecule has 146 valence electrons. The first-order valence-corrected chi connectivity index (χ1v) is 8.87. The Morgan fingerprint density at radius 2 is 1.96 bits per heavy atom. The van der Waals surface area contributed by atoms with Gasteiger partial charge in [-0.1, -0.05) is 5.16 Å². The van der Waals surface area contributed by atoms with Crippen molar-refractivity contribution in [1.82, 2.24) is 10.1 Å². The summed E-state index contributed by atoms with van der Waals surface area (Å²) < 4.78 is 45.5. The van der Waals surface area contributed by atoms with Gasteiger partial charge in [0.05, 0.1) is 26.2 Å². The molecule has 0 unspecified atom stereocenters. The highest BCUT2D eigenvalue weighted by Gasteiger charge is 2.31. The monoisotopic (exact) mass is 401 g/mol. The number of thiocarbonyl (C=S) groups is 1. The zero-order valence-electron chi connectivity index (χ0n) is 14.7. The normalized spacial score (nSPS) is 15.6. The molecule has 10 heteroatoms. The molecule has 0 spiro atoms. The Hall–Kier alpha value is -2.33. The number of alkyl halides is 3. The van der Waals surface area contributed by atoms with Crippen LogP contribution in [-0.2, 0) is 6.54 Å². The van der Waals surface area contributed by atoms with Crippen LogP contribution < -0.4 is 15.0 Å². The van der Waals surface area contributed by atoms with Crippen LogP contribution in [-0.4, -0.2) is 47.7 Å². The van der Waals surface area contributed by atoms with Gasteiger partial charge in [0.25, 0.3) is 0 Å². The summed E-state index contributed by atoms with van der Waals surface area (Å²) in [4.78, 5) is 3.45. The Labute approximate surface area is 159 Å². The maximum absolute atomic E-state index is 12.2. The lowest BCUT2D eigenvalue weighted by atomic mass is 10.3. The van der Waals surface area contributed by atoms with E-state index in [0.717, 1.165) is 44.2 Å². The summed E-state index contributed by atoms with van der Waals surface area (Å²) in [5.41, 5.74) is 1.56. The van der Waals surface area contributed by atoms with E-state index >= 15 is 0 Å². The highest BCUT2D eigenvalue weighted by atomic mass is 32.1. The molecule has 2 aromatic rings. The number of rotatable bonds is 4. The minimum Gasteiger partial charge on any atom is -0.406 e. The molecule has 3 rings (SSSR count). The van der Waals surface area contributed by atoms with Crippen LogP contribution in [0.15, 0.2) is 34.9 Å². The number of aromatic nitrogens is 1. The Morgan fingerprint density at radius 1 is 1.30 bits per heavy atom. The number of hydrogen-bond acceptors (Lipinski definition) is 4. The smallest absolute Gasteiger partial charge is 0.406 e. The first-order valence-electron chi connectivity index (χ1n) is 8.46. The number of hydrogen-bond donors (Lipinski definition) is 2. The highest BCUT2D eigenvalue weighted by molar-refractivity contribution is 7.80. The molecule has 6 nitrogen and oxygen atoms in total. The molecule has 0 bridgehead atoms. The molecule has 1 aromatic heterocycles. The van der Waals surface area contributed by atoms with Crippen molar-refractivity contribution in [3.05, 3.63) is 41.8 Å². The van der Waals surface area contributed by atoms with Gasteiger partial charge in [-0.25, -0.2) is 0 Å². The molecule has 27 heavy (non-hydrogen) atoms. The van der Waals surface area contributed by atoms with Gasteiger partial charge < -0.3 is 24.4 Å². The number of nitrogens with one attached hydrogen (secondary N) is 2. The van der Waals surface area contributed by atoms with E-state index in [0.29, 0.717) is 10.8 Å². The fourth-order valence-corrected chi connectivity index (χ4v) is 3.20. The lowest BCUT2D eigenvalue weighted by molar-refractivity contribution is -0.917. The Kier molecular flexibility index (Phi) is 5.85. The molecule has 0 aliphatic carbocycles.